The molecule has 1 heterocycles. The summed E-state index contributed by atoms with van der Waals surface area (Å²) < 4.78 is 82.4. The Hall–Kier alpha value is -3.76. The van der Waals surface area contributed by atoms with Gasteiger partial charge in [0.2, 0.25) is 0 Å². The average Bonchev–Trinajstić information content (AvgIpc) is 3.37. The summed E-state index contributed by atoms with van der Waals surface area (Å²) in [7, 11) is 0. The largest absolute Gasteiger partial charge is 0.461 e. The number of halogens is 6. The first-order valence-corrected chi connectivity index (χ1v) is 14.7. The minimum absolute atomic E-state index is 0.0177. The van der Waals surface area contributed by atoms with Gasteiger partial charge in [-0.15, -0.1) is 11.3 Å². The molecular weight excluding hydrogens is 608 g/mol. The smallest absolute Gasteiger partial charge is 0.390 e. The molecule has 1 aromatic heterocycles. The Labute approximate surface area is 254 Å². The SMILES string of the molecule is N#Cc1ccc(CC(=O)OCc2cccc(C(=O)Cc3nc4c(s3)C[C@@H](N(CCC(F)(F)F)CCC(F)(F)F)CC4)c2)cc1. The van der Waals surface area contributed by atoms with E-state index in [2.05, 4.69) is 4.98 Å². The van der Waals surface area contributed by atoms with Crippen molar-refractivity contribution in [2.45, 2.75) is 69.9 Å². The highest BCUT2D eigenvalue weighted by molar-refractivity contribution is 7.11. The monoisotopic (exact) mass is 637 g/mol. The first kappa shape index (κ1) is 33.1. The lowest BCUT2D eigenvalue weighted by Gasteiger charge is -2.34. The van der Waals surface area contributed by atoms with E-state index in [1.54, 1.807) is 48.5 Å². The molecule has 44 heavy (non-hydrogen) atoms. The van der Waals surface area contributed by atoms with Crippen LogP contribution in [-0.4, -0.2) is 53.1 Å². The van der Waals surface area contributed by atoms with Gasteiger partial charge in [-0.25, -0.2) is 4.98 Å². The molecule has 1 atom stereocenters. The molecule has 0 fully saturated rings. The molecule has 0 amide bonds. The van der Waals surface area contributed by atoms with Crippen LogP contribution in [0.1, 0.15) is 61.9 Å². The first-order valence-electron chi connectivity index (χ1n) is 13.9. The summed E-state index contributed by atoms with van der Waals surface area (Å²) in [6.45, 7) is -1.06. The zero-order valence-electron chi connectivity index (χ0n) is 23.5. The normalized spacial score (nSPS) is 15.1. The number of alkyl halides is 6. The van der Waals surface area contributed by atoms with Crippen LogP contribution in [0, 0.1) is 11.3 Å². The van der Waals surface area contributed by atoms with Crippen LogP contribution in [0.2, 0.25) is 0 Å². The number of carbonyl (C=O) groups excluding carboxylic acids is 2. The number of esters is 1. The molecule has 1 aliphatic carbocycles. The third kappa shape index (κ3) is 10.2. The van der Waals surface area contributed by atoms with Crippen molar-refractivity contribution in [2.75, 3.05) is 13.1 Å². The highest BCUT2D eigenvalue weighted by Crippen LogP contribution is 2.32. The molecule has 0 saturated heterocycles. The van der Waals surface area contributed by atoms with Crippen molar-refractivity contribution in [2.24, 2.45) is 0 Å². The highest BCUT2D eigenvalue weighted by Gasteiger charge is 2.35. The van der Waals surface area contributed by atoms with Gasteiger partial charge in [-0.2, -0.15) is 31.6 Å². The van der Waals surface area contributed by atoms with Gasteiger partial charge in [0, 0.05) is 29.6 Å². The molecule has 0 spiro atoms. The molecule has 3 aromatic rings. The van der Waals surface area contributed by atoms with Gasteiger partial charge < -0.3 is 4.74 Å². The number of fused-ring (bicyclic) bond motifs is 1. The van der Waals surface area contributed by atoms with E-state index < -0.39 is 50.3 Å². The van der Waals surface area contributed by atoms with Crippen molar-refractivity contribution in [1.29, 1.82) is 5.26 Å². The van der Waals surface area contributed by atoms with Crippen LogP contribution in [0.5, 0.6) is 0 Å². The van der Waals surface area contributed by atoms with Gasteiger partial charge in [0.1, 0.15) is 11.6 Å². The van der Waals surface area contributed by atoms with Crippen molar-refractivity contribution >= 4 is 23.1 Å². The maximum absolute atomic E-state index is 13.1. The third-order valence-corrected chi connectivity index (χ3v) is 8.35. The summed E-state index contributed by atoms with van der Waals surface area (Å²) >= 11 is 1.26. The van der Waals surface area contributed by atoms with Gasteiger partial charge >= 0.3 is 18.3 Å². The quantitative estimate of drug-likeness (QED) is 0.124. The molecule has 6 nitrogen and oxygen atoms in total. The number of thiazole rings is 1. The molecule has 0 N–H and O–H groups in total. The number of rotatable bonds is 12. The van der Waals surface area contributed by atoms with Crippen LogP contribution in [0.3, 0.4) is 0 Å². The number of nitriles is 1. The van der Waals surface area contributed by atoms with Crippen molar-refractivity contribution in [3.05, 3.63) is 86.4 Å². The molecule has 0 radical (unpaired) electrons. The van der Waals surface area contributed by atoms with Crippen LogP contribution in [-0.2, 0) is 41.8 Å². The molecular formula is C31H29F6N3O3S. The van der Waals surface area contributed by atoms with E-state index in [4.69, 9.17) is 10.00 Å². The second-order valence-electron chi connectivity index (χ2n) is 10.6. The zero-order chi connectivity index (χ0) is 31.9. The van der Waals surface area contributed by atoms with Crippen LogP contribution < -0.4 is 0 Å². The zero-order valence-corrected chi connectivity index (χ0v) is 24.3. The maximum Gasteiger partial charge on any atom is 0.390 e. The Morgan fingerprint density at radius 2 is 1.66 bits per heavy atom. The highest BCUT2D eigenvalue weighted by atomic mass is 32.1. The van der Waals surface area contributed by atoms with Gasteiger partial charge in [-0.05, 0) is 48.6 Å². The maximum atomic E-state index is 13.1. The van der Waals surface area contributed by atoms with Crippen molar-refractivity contribution in [3.8, 4) is 6.07 Å². The fourth-order valence-electron chi connectivity index (χ4n) is 4.97. The minimum Gasteiger partial charge on any atom is -0.461 e. The number of aromatic nitrogens is 1. The van der Waals surface area contributed by atoms with Gasteiger partial charge in [0.05, 0.1) is 43.0 Å². The van der Waals surface area contributed by atoms with E-state index in [0.29, 0.717) is 40.1 Å². The van der Waals surface area contributed by atoms with Crippen LogP contribution in [0.15, 0.2) is 48.5 Å². The van der Waals surface area contributed by atoms with E-state index in [1.807, 2.05) is 6.07 Å². The lowest BCUT2D eigenvalue weighted by atomic mass is 9.95. The molecule has 0 bridgehead atoms. The van der Waals surface area contributed by atoms with Crippen molar-refractivity contribution in [1.82, 2.24) is 9.88 Å². The Bertz CT molecular complexity index is 1480. The van der Waals surface area contributed by atoms with E-state index in [0.717, 1.165) is 10.6 Å². The van der Waals surface area contributed by atoms with Gasteiger partial charge in [-0.3, -0.25) is 14.5 Å². The predicted octanol–water partition coefficient (Wildman–Crippen LogP) is 6.79. The van der Waals surface area contributed by atoms with E-state index in [9.17, 15) is 35.9 Å². The van der Waals surface area contributed by atoms with E-state index in [1.165, 1.54) is 16.2 Å². The molecule has 0 saturated carbocycles. The number of ketones is 1. The lowest BCUT2D eigenvalue weighted by Crippen LogP contribution is -2.42. The second-order valence-corrected chi connectivity index (χ2v) is 11.8. The Kier molecular flexibility index (Phi) is 10.8. The summed E-state index contributed by atoms with van der Waals surface area (Å²) in [5.41, 5.74) is 2.91. The van der Waals surface area contributed by atoms with Crippen LogP contribution in [0.25, 0.3) is 0 Å². The summed E-state index contributed by atoms with van der Waals surface area (Å²) in [4.78, 5) is 31.9. The molecule has 0 unspecified atom stereocenters. The van der Waals surface area contributed by atoms with Gasteiger partial charge in [0.15, 0.2) is 5.78 Å². The summed E-state index contributed by atoms with van der Waals surface area (Å²) in [6.07, 6.45) is -10.2. The number of nitrogens with zero attached hydrogens (tertiary/aromatic N) is 3. The average molecular weight is 638 g/mol. The number of hydrogen-bond donors (Lipinski definition) is 0. The van der Waals surface area contributed by atoms with Gasteiger partial charge in [-0.1, -0.05) is 30.3 Å². The third-order valence-electron chi connectivity index (χ3n) is 7.23. The Morgan fingerprint density at radius 1 is 0.977 bits per heavy atom. The molecule has 2 aromatic carbocycles. The van der Waals surface area contributed by atoms with E-state index in [-0.39, 0.29) is 31.7 Å². The molecule has 234 valence electrons. The van der Waals surface area contributed by atoms with Crippen LogP contribution >= 0.6 is 11.3 Å². The number of hydrogen-bond acceptors (Lipinski definition) is 7. The fraction of sp³-hybridized carbons (Fsp3) is 0.419. The number of benzene rings is 2. The molecule has 13 heteroatoms. The van der Waals surface area contributed by atoms with Crippen molar-refractivity contribution < 1.29 is 40.7 Å². The standard InChI is InChI=1S/C31H29F6N3O3S/c32-30(33,34)10-12-40(13-11-31(35,36)37)24-8-9-25-27(16-24)44-28(39-25)17-26(41)23-3-1-2-22(14-23)19-43-29(42)15-20-4-6-21(18-38)7-5-20/h1-7,14,24H,8-13,15-17,19H2/t24-/m0/s1. The van der Waals surface area contributed by atoms with Gasteiger partial charge in [0.25, 0.3) is 0 Å². The number of ether oxygens (including phenoxy) is 1. The Morgan fingerprint density at radius 3 is 2.30 bits per heavy atom. The van der Waals surface area contributed by atoms with Crippen molar-refractivity contribution in [3.63, 3.8) is 0 Å². The summed E-state index contributed by atoms with van der Waals surface area (Å²) in [6, 6.07) is 14.7. The summed E-state index contributed by atoms with van der Waals surface area (Å²) in [5.74, 6) is -0.691. The van der Waals surface area contributed by atoms with E-state index >= 15 is 0 Å². The lowest BCUT2D eigenvalue weighted by molar-refractivity contribution is -0.148. The number of aryl methyl sites for hydroxylation is 1. The Balaban J connectivity index is 1.33. The first-order chi connectivity index (χ1) is 20.8. The topological polar surface area (TPSA) is 83.3 Å². The molecule has 1 aliphatic rings. The number of Topliss-reactive ketones (excluding diaryl/α,β-unsaturated/α-hetero) is 1. The predicted molar refractivity (Wildman–Crippen MR) is 150 cm³/mol. The van der Waals surface area contributed by atoms with Crippen LogP contribution in [0.4, 0.5) is 26.3 Å². The molecule has 0 aliphatic heterocycles. The fourth-order valence-corrected chi connectivity index (χ4v) is 6.15. The summed E-state index contributed by atoms with van der Waals surface area (Å²) in [5, 5.41) is 9.40. The minimum atomic E-state index is -4.47. The second kappa shape index (κ2) is 14.3. The molecule has 4 rings (SSSR count). The number of carbonyl (C=O) groups is 2.